The van der Waals surface area contributed by atoms with E-state index in [0.717, 1.165) is 16.8 Å². The maximum absolute atomic E-state index is 10.5. The summed E-state index contributed by atoms with van der Waals surface area (Å²) >= 11 is 4.53. The van der Waals surface area contributed by atoms with Gasteiger partial charge in [0.05, 0.1) is 15.8 Å². The van der Waals surface area contributed by atoms with Crippen molar-refractivity contribution in [1.82, 2.24) is 0 Å². The number of nitro groups is 1. The van der Waals surface area contributed by atoms with E-state index in [9.17, 15) is 10.1 Å². The summed E-state index contributed by atoms with van der Waals surface area (Å²) in [5.74, 6) is 0. The number of benzene rings is 2. The van der Waals surface area contributed by atoms with Crippen molar-refractivity contribution in [2.45, 2.75) is 0 Å². The number of nitro benzene ring substituents is 1. The molecule has 2 aromatic carbocycles. The van der Waals surface area contributed by atoms with Crippen LogP contribution >= 0.6 is 12.2 Å². The standard InChI is InChI=1S/C15H10N2O2S/c18-17(19)15-9-5-13(6-10-15)2-1-12-3-7-14(8-4-12)16-11-20/h1-10H. The Balaban J connectivity index is 2.12. The zero-order valence-corrected chi connectivity index (χ0v) is 11.2. The first-order valence-electron chi connectivity index (χ1n) is 5.79. The molecule has 0 saturated heterocycles. The van der Waals surface area contributed by atoms with Gasteiger partial charge in [-0.2, -0.15) is 4.99 Å². The van der Waals surface area contributed by atoms with Gasteiger partial charge in [-0.05, 0) is 47.6 Å². The van der Waals surface area contributed by atoms with Gasteiger partial charge in [-0.15, -0.1) is 0 Å². The van der Waals surface area contributed by atoms with Gasteiger partial charge in [0.2, 0.25) is 0 Å². The van der Waals surface area contributed by atoms with Crippen LogP contribution in [0.4, 0.5) is 11.4 Å². The van der Waals surface area contributed by atoms with Crippen LogP contribution < -0.4 is 0 Å². The van der Waals surface area contributed by atoms with Crippen molar-refractivity contribution in [3.05, 3.63) is 69.8 Å². The summed E-state index contributed by atoms with van der Waals surface area (Å²) in [4.78, 5) is 14.0. The molecule has 0 bridgehead atoms. The van der Waals surface area contributed by atoms with Crippen molar-refractivity contribution in [3.63, 3.8) is 0 Å². The molecule has 0 fully saturated rings. The molecule has 0 aromatic heterocycles. The third-order valence-corrected chi connectivity index (χ3v) is 2.73. The van der Waals surface area contributed by atoms with Crippen LogP contribution in [0, 0.1) is 10.1 Å². The Bertz CT molecular complexity index is 637. The molecule has 0 aliphatic carbocycles. The van der Waals surface area contributed by atoms with Crippen LogP contribution in [0.5, 0.6) is 0 Å². The predicted molar refractivity (Wildman–Crippen MR) is 83.2 cm³/mol. The molecule has 20 heavy (non-hydrogen) atoms. The molecular weight excluding hydrogens is 272 g/mol. The lowest BCUT2D eigenvalue weighted by Crippen LogP contribution is -1.86. The smallest absolute Gasteiger partial charge is 0.258 e. The van der Waals surface area contributed by atoms with Crippen molar-refractivity contribution in [1.29, 1.82) is 0 Å². The molecule has 0 heterocycles. The van der Waals surface area contributed by atoms with E-state index in [1.807, 2.05) is 36.4 Å². The predicted octanol–water partition coefficient (Wildman–Crippen LogP) is 4.50. The molecule has 0 atom stereocenters. The van der Waals surface area contributed by atoms with Gasteiger partial charge >= 0.3 is 0 Å². The van der Waals surface area contributed by atoms with Gasteiger partial charge in [-0.25, -0.2) is 0 Å². The van der Waals surface area contributed by atoms with E-state index in [2.05, 4.69) is 22.4 Å². The molecule has 5 heteroatoms. The van der Waals surface area contributed by atoms with Crippen molar-refractivity contribution in [2.75, 3.05) is 0 Å². The Hall–Kier alpha value is -2.62. The summed E-state index contributed by atoms with van der Waals surface area (Å²) < 4.78 is 0. The molecule has 0 radical (unpaired) electrons. The van der Waals surface area contributed by atoms with E-state index in [1.54, 1.807) is 12.1 Å². The summed E-state index contributed by atoms with van der Waals surface area (Å²) in [6, 6.07) is 13.9. The Morgan fingerprint density at radius 2 is 1.50 bits per heavy atom. The highest BCUT2D eigenvalue weighted by Gasteiger charge is 2.01. The lowest BCUT2D eigenvalue weighted by molar-refractivity contribution is -0.384. The van der Waals surface area contributed by atoms with Crippen LogP contribution in [0.3, 0.4) is 0 Å². The lowest BCUT2D eigenvalue weighted by atomic mass is 10.1. The molecule has 2 aromatic rings. The fourth-order valence-corrected chi connectivity index (χ4v) is 1.72. The van der Waals surface area contributed by atoms with E-state index >= 15 is 0 Å². The molecule has 0 unspecified atom stereocenters. The quantitative estimate of drug-likeness (QED) is 0.273. The molecule has 0 aliphatic rings. The second kappa shape index (κ2) is 6.52. The minimum atomic E-state index is -0.414. The maximum atomic E-state index is 10.5. The number of rotatable bonds is 4. The monoisotopic (exact) mass is 282 g/mol. The summed E-state index contributed by atoms with van der Waals surface area (Å²) in [6.45, 7) is 0. The number of hydrogen-bond donors (Lipinski definition) is 0. The van der Waals surface area contributed by atoms with Gasteiger partial charge in [-0.1, -0.05) is 24.3 Å². The number of isothiocyanates is 1. The van der Waals surface area contributed by atoms with Crippen LogP contribution in [0.2, 0.25) is 0 Å². The van der Waals surface area contributed by atoms with Crippen LogP contribution in [-0.2, 0) is 0 Å². The Labute approximate surface area is 121 Å². The second-order valence-electron chi connectivity index (χ2n) is 3.98. The molecule has 4 nitrogen and oxygen atoms in total. The van der Waals surface area contributed by atoms with Gasteiger partial charge in [0.25, 0.3) is 5.69 Å². The molecule has 0 spiro atoms. The van der Waals surface area contributed by atoms with Crippen molar-refractivity contribution in [2.24, 2.45) is 4.99 Å². The fraction of sp³-hybridized carbons (Fsp3) is 0. The first-order chi connectivity index (χ1) is 9.69. The Morgan fingerprint density at radius 1 is 1.00 bits per heavy atom. The highest BCUT2D eigenvalue weighted by Crippen LogP contribution is 2.16. The third-order valence-electron chi connectivity index (χ3n) is 2.64. The minimum absolute atomic E-state index is 0.0875. The average Bonchev–Trinajstić information content (AvgIpc) is 2.47. The molecule has 98 valence electrons. The zero-order chi connectivity index (χ0) is 14.4. The highest BCUT2D eigenvalue weighted by atomic mass is 32.1. The van der Waals surface area contributed by atoms with Crippen LogP contribution in [0.15, 0.2) is 53.5 Å². The fourth-order valence-electron chi connectivity index (χ4n) is 1.61. The summed E-state index contributed by atoms with van der Waals surface area (Å²) in [5.41, 5.74) is 2.75. The highest BCUT2D eigenvalue weighted by molar-refractivity contribution is 7.78. The van der Waals surface area contributed by atoms with Crippen LogP contribution in [0.25, 0.3) is 12.2 Å². The first kappa shape index (κ1) is 13.8. The Kier molecular flexibility index (Phi) is 4.50. The number of non-ortho nitro benzene ring substituents is 1. The van der Waals surface area contributed by atoms with E-state index in [0.29, 0.717) is 0 Å². The first-order valence-corrected chi connectivity index (χ1v) is 6.20. The normalized spacial score (nSPS) is 10.2. The number of nitrogens with zero attached hydrogens (tertiary/aromatic N) is 2. The minimum Gasteiger partial charge on any atom is -0.258 e. The largest absolute Gasteiger partial charge is 0.269 e. The van der Waals surface area contributed by atoms with Crippen LogP contribution in [0.1, 0.15) is 11.1 Å². The van der Waals surface area contributed by atoms with Crippen molar-refractivity contribution in [3.8, 4) is 0 Å². The summed E-state index contributed by atoms with van der Waals surface area (Å²) in [7, 11) is 0. The van der Waals surface area contributed by atoms with Crippen molar-refractivity contribution >= 4 is 40.9 Å². The Morgan fingerprint density at radius 3 is 1.95 bits per heavy atom. The number of aliphatic imine (C=N–C) groups is 1. The van der Waals surface area contributed by atoms with Crippen LogP contribution in [-0.4, -0.2) is 10.1 Å². The van der Waals surface area contributed by atoms with E-state index in [4.69, 9.17) is 0 Å². The summed E-state index contributed by atoms with van der Waals surface area (Å²) in [6.07, 6.45) is 3.81. The number of thiocarbonyl (C=S) groups is 1. The third kappa shape index (κ3) is 3.68. The average molecular weight is 282 g/mol. The summed E-state index contributed by atoms with van der Waals surface area (Å²) in [5, 5.41) is 12.9. The maximum Gasteiger partial charge on any atom is 0.269 e. The molecule has 0 N–H and O–H groups in total. The van der Waals surface area contributed by atoms with Crippen molar-refractivity contribution < 1.29 is 4.92 Å². The molecule has 0 saturated carbocycles. The van der Waals surface area contributed by atoms with Gasteiger partial charge in [0.15, 0.2) is 0 Å². The van der Waals surface area contributed by atoms with Gasteiger partial charge < -0.3 is 0 Å². The molecule has 0 aliphatic heterocycles. The second-order valence-corrected chi connectivity index (χ2v) is 4.16. The van der Waals surface area contributed by atoms with Gasteiger partial charge in [0.1, 0.15) is 0 Å². The molecular formula is C15H10N2O2S. The van der Waals surface area contributed by atoms with Gasteiger partial charge in [0, 0.05) is 12.1 Å². The SMILES string of the molecule is O=[N+]([O-])c1ccc(C=Cc2ccc(N=C=S)cc2)cc1. The topological polar surface area (TPSA) is 55.5 Å². The zero-order valence-electron chi connectivity index (χ0n) is 10.4. The molecule has 0 amide bonds. The van der Waals surface area contributed by atoms with E-state index in [-0.39, 0.29) is 5.69 Å². The molecule has 2 rings (SSSR count). The lowest BCUT2D eigenvalue weighted by Gasteiger charge is -1.96. The van der Waals surface area contributed by atoms with E-state index < -0.39 is 4.92 Å². The van der Waals surface area contributed by atoms with Gasteiger partial charge in [-0.3, -0.25) is 10.1 Å². The van der Waals surface area contributed by atoms with E-state index in [1.165, 1.54) is 12.1 Å². The number of hydrogen-bond acceptors (Lipinski definition) is 4.